The summed E-state index contributed by atoms with van der Waals surface area (Å²) in [6.45, 7) is 9.23. The largest absolute Gasteiger partial charge is 0.663 e. The summed E-state index contributed by atoms with van der Waals surface area (Å²) in [6, 6.07) is 0.924. The number of rotatable bonds is 4. The summed E-state index contributed by atoms with van der Waals surface area (Å²) in [4.78, 5) is 0. The van der Waals surface area contributed by atoms with E-state index in [9.17, 15) is 0 Å². The Kier molecular flexibility index (Phi) is 21.5. The van der Waals surface area contributed by atoms with E-state index in [-0.39, 0.29) is 19.5 Å². The molecule has 2 nitrogen and oxygen atoms in total. The van der Waals surface area contributed by atoms with Crippen molar-refractivity contribution in [3.05, 3.63) is 17.6 Å². The van der Waals surface area contributed by atoms with Crippen LogP contribution in [0.1, 0.15) is 27.2 Å². The van der Waals surface area contributed by atoms with Gasteiger partial charge in [0.25, 0.3) is 0 Å². The smallest absolute Gasteiger partial charge is 0 e. The normalized spacial score (nSPS) is 13.5. The molecule has 2 unspecified atom stereocenters. The van der Waals surface area contributed by atoms with Gasteiger partial charge < -0.3 is 17.6 Å². The molecule has 0 N–H and O–H groups in total. The Labute approximate surface area is 90.6 Å². The van der Waals surface area contributed by atoms with Crippen LogP contribution in [0.3, 0.4) is 0 Å². The summed E-state index contributed by atoms with van der Waals surface area (Å²) in [7, 11) is 3.71. The van der Waals surface area contributed by atoms with E-state index in [0.29, 0.717) is 12.1 Å². The van der Waals surface area contributed by atoms with Gasteiger partial charge in [-0.3, -0.25) is 0 Å². The van der Waals surface area contributed by atoms with E-state index in [4.69, 9.17) is 0 Å². The van der Waals surface area contributed by atoms with Crippen molar-refractivity contribution in [1.29, 1.82) is 0 Å². The van der Waals surface area contributed by atoms with E-state index in [1.165, 1.54) is 0 Å². The average molecular weight is 223 g/mol. The van der Waals surface area contributed by atoms with Crippen LogP contribution in [0.4, 0.5) is 0 Å². The van der Waals surface area contributed by atoms with Gasteiger partial charge >= 0.3 is 0 Å². The molecule has 0 aliphatic carbocycles. The number of hydrogen-bond acceptors (Lipinski definition) is 0. The van der Waals surface area contributed by atoms with Gasteiger partial charge in [-0.2, -0.15) is 21.0 Å². The molecule has 0 spiro atoms. The first-order valence-corrected chi connectivity index (χ1v) is 4.09. The minimum Gasteiger partial charge on any atom is -0.663 e. The van der Waals surface area contributed by atoms with E-state index in [2.05, 4.69) is 31.4 Å². The molecule has 0 fully saturated rings. The van der Waals surface area contributed by atoms with Gasteiger partial charge in [-0.15, -0.1) is 12.1 Å². The Morgan fingerprint density at radius 3 is 1.42 bits per heavy atom. The van der Waals surface area contributed by atoms with Crippen LogP contribution < -0.4 is 0 Å². The van der Waals surface area contributed by atoms with Gasteiger partial charge in [-0.05, 0) is 0 Å². The third-order valence-electron chi connectivity index (χ3n) is 1.56. The molecule has 0 aliphatic rings. The molecule has 3 heteroatoms. The van der Waals surface area contributed by atoms with E-state index in [1.54, 1.807) is 6.92 Å². The molecule has 0 aromatic rings. The van der Waals surface area contributed by atoms with Crippen molar-refractivity contribution < 1.29 is 19.5 Å². The van der Waals surface area contributed by atoms with Crippen molar-refractivity contribution >= 4 is 0 Å². The van der Waals surface area contributed by atoms with Crippen molar-refractivity contribution in [2.75, 3.05) is 14.1 Å². The van der Waals surface area contributed by atoms with Crippen LogP contribution in [-0.2, 0) is 19.5 Å². The van der Waals surface area contributed by atoms with Gasteiger partial charge in [0.05, 0.1) is 0 Å². The minimum absolute atomic E-state index is 0. The van der Waals surface area contributed by atoms with Gasteiger partial charge in [-0.25, -0.2) is 0 Å². The maximum atomic E-state index is 4.12. The molecule has 0 heterocycles. The summed E-state index contributed by atoms with van der Waals surface area (Å²) in [6.07, 6.45) is 1.08. The topological polar surface area (TPSA) is 28.2 Å². The molecule has 2 atom stereocenters. The molecular weight excluding hydrogens is 202 g/mol. The summed E-state index contributed by atoms with van der Waals surface area (Å²) in [5, 5.41) is 8.23. The van der Waals surface area contributed by atoms with Crippen LogP contribution in [0.5, 0.6) is 0 Å². The molecule has 0 rings (SSSR count). The third kappa shape index (κ3) is 13.2. The quantitative estimate of drug-likeness (QED) is 0.517. The van der Waals surface area contributed by atoms with Crippen LogP contribution in [0.25, 0.3) is 10.6 Å². The van der Waals surface area contributed by atoms with Crippen LogP contribution in [-0.4, -0.2) is 26.2 Å². The van der Waals surface area contributed by atoms with E-state index >= 15 is 0 Å². The summed E-state index contributed by atoms with van der Waals surface area (Å²) in [5.74, 6) is 0. The average Bonchev–Trinajstić information content (AvgIpc) is 2.07. The zero-order chi connectivity index (χ0) is 9.28. The molecule has 72 valence electrons. The number of hydrogen-bond donors (Lipinski definition) is 0. The second kappa shape index (κ2) is 14.1. The van der Waals surface area contributed by atoms with E-state index in [0.717, 1.165) is 6.42 Å². The molecular formula is C9H21N2Zn-3. The Morgan fingerprint density at radius 2 is 1.25 bits per heavy atom. The zero-order valence-electron chi connectivity index (χ0n) is 9.17. The van der Waals surface area contributed by atoms with Gasteiger partial charge in [0, 0.05) is 19.5 Å². The van der Waals surface area contributed by atoms with Crippen LogP contribution in [0.15, 0.2) is 0 Å². The van der Waals surface area contributed by atoms with Crippen LogP contribution >= 0.6 is 0 Å². The first-order valence-electron chi connectivity index (χ1n) is 4.09. The fourth-order valence-electron chi connectivity index (χ4n) is 0.704. The molecule has 12 heavy (non-hydrogen) atoms. The predicted molar refractivity (Wildman–Crippen MR) is 53.1 cm³/mol. The van der Waals surface area contributed by atoms with Gasteiger partial charge in [0.15, 0.2) is 0 Å². The third-order valence-corrected chi connectivity index (χ3v) is 1.56. The monoisotopic (exact) mass is 221 g/mol. The Hall–Kier alpha value is 0.543. The van der Waals surface area contributed by atoms with Gasteiger partial charge in [0.1, 0.15) is 0 Å². The van der Waals surface area contributed by atoms with E-state index in [1.807, 2.05) is 14.1 Å². The van der Waals surface area contributed by atoms with Gasteiger partial charge in [-0.1, -0.05) is 20.3 Å². The predicted octanol–water partition coefficient (Wildman–Crippen LogP) is 3.00. The summed E-state index contributed by atoms with van der Waals surface area (Å²) >= 11 is 0. The van der Waals surface area contributed by atoms with Gasteiger partial charge in [0.2, 0.25) is 0 Å². The second-order valence-corrected chi connectivity index (χ2v) is 2.45. The Bertz CT molecular complexity index is 61.5. The van der Waals surface area contributed by atoms with Crippen molar-refractivity contribution in [1.82, 2.24) is 0 Å². The Balaban J connectivity index is -0.000000249. The maximum Gasteiger partial charge on any atom is 0 e. The molecule has 0 saturated heterocycles. The molecule has 0 aromatic heterocycles. The van der Waals surface area contributed by atoms with Crippen molar-refractivity contribution in [3.63, 3.8) is 0 Å². The summed E-state index contributed by atoms with van der Waals surface area (Å²) in [5.41, 5.74) is 0. The summed E-state index contributed by atoms with van der Waals surface area (Å²) < 4.78 is 0. The fourth-order valence-corrected chi connectivity index (χ4v) is 0.704. The molecule has 0 radical (unpaired) electrons. The molecule has 0 aliphatic heterocycles. The maximum absolute atomic E-state index is 4.12. The Morgan fingerprint density at radius 1 is 1.00 bits per heavy atom. The van der Waals surface area contributed by atoms with E-state index < -0.39 is 0 Å². The van der Waals surface area contributed by atoms with Crippen LogP contribution in [0.2, 0.25) is 0 Å². The standard InChI is InChI=1S/C7H16N2.C2H5.Zn/c1-6(8-3)5-7(2)9-4;1-2;/h6-7H,5H2,1-4H3;1H2,2H3;/q-2;-1;. The zero-order valence-corrected chi connectivity index (χ0v) is 12.1. The van der Waals surface area contributed by atoms with Crippen LogP contribution in [0, 0.1) is 6.92 Å². The van der Waals surface area contributed by atoms with Crippen molar-refractivity contribution in [3.8, 4) is 0 Å². The minimum atomic E-state index is 0. The number of nitrogens with zero attached hydrogens (tertiary/aromatic N) is 2. The SMILES string of the molecule is C[N-]C(C)CC(C)[N-]C.[CH2-]C.[Zn]. The fraction of sp³-hybridized carbons (Fsp3) is 0.889. The molecule has 0 amide bonds. The molecule has 0 saturated carbocycles. The first-order chi connectivity index (χ1) is 5.20. The second-order valence-electron chi connectivity index (χ2n) is 2.45. The molecule has 0 aromatic carbocycles. The van der Waals surface area contributed by atoms with Crippen molar-refractivity contribution in [2.45, 2.75) is 39.3 Å². The first kappa shape index (κ1) is 18.4. The molecule has 0 bridgehead atoms. The van der Waals surface area contributed by atoms with Crippen molar-refractivity contribution in [2.24, 2.45) is 0 Å².